The molecular formula is C27H34ClN3O4S. The van der Waals surface area contributed by atoms with Gasteiger partial charge in [-0.2, -0.15) is 0 Å². The molecule has 9 heteroatoms. The van der Waals surface area contributed by atoms with Gasteiger partial charge in [0.05, 0.1) is 33.9 Å². The van der Waals surface area contributed by atoms with Gasteiger partial charge in [-0.3, -0.25) is 14.4 Å². The van der Waals surface area contributed by atoms with Crippen molar-refractivity contribution in [2.24, 2.45) is 11.8 Å². The second-order valence-electron chi connectivity index (χ2n) is 9.57. The van der Waals surface area contributed by atoms with Crippen LogP contribution in [0.25, 0.3) is 0 Å². The number of halogens is 1. The minimum Gasteiger partial charge on any atom is -0.395 e. The molecule has 1 aromatic carbocycles. The molecule has 0 radical (unpaired) electrons. The molecule has 0 saturated carbocycles. The third-order valence-corrected chi connectivity index (χ3v) is 9.81. The molecule has 2 bridgehead atoms. The topological polar surface area (TPSA) is 81.2 Å². The Morgan fingerprint density at radius 1 is 1.25 bits per heavy atom. The molecule has 3 fully saturated rings. The fourth-order valence-electron chi connectivity index (χ4n) is 6.24. The molecule has 7 nitrogen and oxygen atoms in total. The van der Waals surface area contributed by atoms with Gasteiger partial charge in [-0.15, -0.1) is 24.9 Å². The number of hydrogen-bond donors (Lipinski definition) is 1. The quantitative estimate of drug-likeness (QED) is 0.443. The van der Waals surface area contributed by atoms with Crippen LogP contribution in [0.15, 0.2) is 49.6 Å². The summed E-state index contributed by atoms with van der Waals surface area (Å²) < 4.78 is -0.721. The highest BCUT2D eigenvalue weighted by Crippen LogP contribution is 2.66. The van der Waals surface area contributed by atoms with E-state index < -0.39 is 22.6 Å². The number of anilines is 1. The van der Waals surface area contributed by atoms with Gasteiger partial charge >= 0.3 is 0 Å². The number of hydrogen-bond acceptors (Lipinski definition) is 5. The molecule has 3 aliphatic heterocycles. The Morgan fingerprint density at radius 2 is 1.97 bits per heavy atom. The van der Waals surface area contributed by atoms with E-state index in [0.29, 0.717) is 30.2 Å². The smallest absolute Gasteiger partial charge is 0.251 e. The number of fused-ring (bicyclic) bond motifs is 1. The Balaban J connectivity index is 1.75. The van der Waals surface area contributed by atoms with Gasteiger partial charge in [-0.1, -0.05) is 42.8 Å². The van der Waals surface area contributed by atoms with E-state index in [1.165, 1.54) is 4.90 Å². The zero-order chi connectivity index (χ0) is 26.0. The van der Waals surface area contributed by atoms with Gasteiger partial charge in [0.2, 0.25) is 11.8 Å². The van der Waals surface area contributed by atoms with Crippen molar-refractivity contribution in [1.29, 1.82) is 0 Å². The lowest BCUT2D eigenvalue weighted by atomic mass is 9.70. The van der Waals surface area contributed by atoms with Gasteiger partial charge in [0.1, 0.15) is 6.04 Å². The summed E-state index contributed by atoms with van der Waals surface area (Å²) in [6.45, 7) is 10.6. The molecule has 36 heavy (non-hydrogen) atoms. The van der Waals surface area contributed by atoms with Gasteiger partial charge in [-0.25, -0.2) is 0 Å². The summed E-state index contributed by atoms with van der Waals surface area (Å²) in [6, 6.07) is 6.30. The molecule has 1 aromatic rings. The SMILES string of the molecule is C=CCN(CCC)C(=O)[C@@H]1[C@@H]2CCC3(S2)C(C(=O)N(CC=C)c2ccccc2Cl)N(CCO)C(=O)[C@H]13. The Hall–Kier alpha value is -2.29. The first kappa shape index (κ1) is 26.8. The van der Waals surface area contributed by atoms with E-state index in [9.17, 15) is 19.5 Å². The third-order valence-electron chi connectivity index (χ3n) is 7.54. The molecule has 0 aromatic heterocycles. The first-order chi connectivity index (χ1) is 17.4. The van der Waals surface area contributed by atoms with Gasteiger partial charge in [0.15, 0.2) is 0 Å². The molecule has 3 heterocycles. The molecule has 1 spiro atoms. The highest BCUT2D eigenvalue weighted by Gasteiger charge is 2.74. The summed E-state index contributed by atoms with van der Waals surface area (Å²) in [5.41, 5.74) is 0.547. The molecule has 3 aliphatic rings. The summed E-state index contributed by atoms with van der Waals surface area (Å²) in [7, 11) is 0. The molecule has 3 amide bonds. The van der Waals surface area contributed by atoms with E-state index >= 15 is 0 Å². The van der Waals surface area contributed by atoms with E-state index in [-0.39, 0.29) is 42.7 Å². The van der Waals surface area contributed by atoms with Gasteiger partial charge < -0.3 is 19.8 Å². The number of likely N-dealkylation sites (tertiary alicyclic amines) is 1. The van der Waals surface area contributed by atoms with Crippen molar-refractivity contribution in [3.05, 3.63) is 54.6 Å². The standard InChI is InChI=1S/C27H34ClN3O4S/c1-4-13-29(14-5-2)24(33)21-20-11-12-27(36-20)22(21)25(34)31(16-17-32)23(27)26(35)30(15-6-3)19-10-8-7-9-18(19)28/h4,6-10,20-23,32H,1,3,5,11-17H2,2H3/t20-,21+,22-,23?,27?/m0/s1. The van der Waals surface area contributed by atoms with Gasteiger partial charge in [0.25, 0.3) is 5.91 Å². The number of carbonyl (C=O) groups is 3. The van der Waals surface area contributed by atoms with Crippen LogP contribution in [-0.4, -0.2) is 81.5 Å². The number of β-amino-alcohol motifs (C(OH)–C–C–N with tert-alkyl or cyclic N) is 1. The van der Waals surface area contributed by atoms with Crippen LogP contribution in [0.5, 0.6) is 0 Å². The number of amides is 3. The monoisotopic (exact) mass is 531 g/mol. The van der Waals surface area contributed by atoms with Crippen molar-refractivity contribution in [2.45, 2.75) is 42.2 Å². The molecule has 1 N–H and O–H groups in total. The Bertz CT molecular complexity index is 1050. The number of carbonyl (C=O) groups excluding carboxylic acids is 3. The molecule has 2 unspecified atom stereocenters. The van der Waals surface area contributed by atoms with Crippen molar-refractivity contribution in [3.63, 3.8) is 0 Å². The van der Waals surface area contributed by atoms with Crippen molar-refractivity contribution < 1.29 is 19.5 Å². The highest BCUT2D eigenvalue weighted by atomic mass is 35.5. The summed E-state index contributed by atoms with van der Waals surface area (Å²) in [5, 5.41) is 10.2. The van der Waals surface area contributed by atoms with Crippen molar-refractivity contribution in [2.75, 3.05) is 37.7 Å². The van der Waals surface area contributed by atoms with E-state index in [1.54, 1.807) is 51.9 Å². The second-order valence-corrected chi connectivity index (χ2v) is 11.6. The maximum Gasteiger partial charge on any atom is 0.251 e. The molecule has 5 atom stereocenters. The first-order valence-electron chi connectivity index (χ1n) is 12.5. The van der Waals surface area contributed by atoms with E-state index in [2.05, 4.69) is 13.2 Å². The highest BCUT2D eigenvalue weighted by molar-refractivity contribution is 8.02. The molecule has 4 rings (SSSR count). The van der Waals surface area contributed by atoms with Crippen molar-refractivity contribution in [3.8, 4) is 0 Å². The molecule has 3 saturated heterocycles. The largest absolute Gasteiger partial charge is 0.395 e. The van der Waals surface area contributed by atoms with Gasteiger partial charge in [-0.05, 0) is 31.4 Å². The van der Waals surface area contributed by atoms with Crippen LogP contribution in [-0.2, 0) is 14.4 Å². The van der Waals surface area contributed by atoms with Gasteiger partial charge in [0, 0.05) is 31.4 Å². The average molecular weight is 532 g/mol. The van der Waals surface area contributed by atoms with Crippen LogP contribution in [0.4, 0.5) is 5.69 Å². The lowest BCUT2D eigenvalue weighted by Gasteiger charge is -2.37. The first-order valence-corrected chi connectivity index (χ1v) is 13.8. The lowest BCUT2D eigenvalue weighted by Crippen LogP contribution is -2.55. The average Bonchev–Trinajstić information content (AvgIpc) is 3.50. The minimum atomic E-state index is -0.801. The number of aliphatic hydroxyl groups excluding tert-OH is 1. The number of para-hydroxylation sites is 1. The molecule has 0 aliphatic carbocycles. The zero-order valence-corrected chi connectivity index (χ0v) is 22.2. The Labute approximate surface area is 222 Å². The fraction of sp³-hybridized carbons (Fsp3) is 0.519. The maximum absolute atomic E-state index is 14.3. The number of thioether (sulfide) groups is 1. The summed E-state index contributed by atoms with van der Waals surface area (Å²) in [6.07, 6.45) is 5.58. The normalized spacial score (nSPS) is 28.2. The van der Waals surface area contributed by atoms with E-state index in [0.717, 1.165) is 12.8 Å². The van der Waals surface area contributed by atoms with Crippen LogP contribution in [0.2, 0.25) is 5.02 Å². The second kappa shape index (κ2) is 11.0. The van der Waals surface area contributed by atoms with Crippen molar-refractivity contribution in [1.82, 2.24) is 9.80 Å². The summed E-state index contributed by atoms with van der Waals surface area (Å²) >= 11 is 8.09. The predicted octanol–water partition coefficient (Wildman–Crippen LogP) is 3.37. The zero-order valence-electron chi connectivity index (χ0n) is 20.6. The van der Waals surface area contributed by atoms with Crippen LogP contribution in [0.3, 0.4) is 0 Å². The maximum atomic E-state index is 14.3. The Kier molecular flexibility index (Phi) is 8.17. The lowest BCUT2D eigenvalue weighted by molar-refractivity contribution is -0.144. The fourth-order valence-corrected chi connectivity index (χ4v) is 8.69. The van der Waals surface area contributed by atoms with Crippen LogP contribution >= 0.6 is 23.4 Å². The number of benzene rings is 1. The van der Waals surface area contributed by atoms with Crippen molar-refractivity contribution >= 4 is 46.8 Å². The predicted molar refractivity (Wildman–Crippen MR) is 144 cm³/mol. The number of rotatable bonds is 11. The number of nitrogens with zero attached hydrogens (tertiary/aromatic N) is 3. The van der Waals surface area contributed by atoms with Crippen LogP contribution in [0.1, 0.15) is 26.2 Å². The third kappa shape index (κ3) is 4.27. The van der Waals surface area contributed by atoms with E-state index in [1.807, 2.05) is 13.0 Å². The Morgan fingerprint density at radius 3 is 2.61 bits per heavy atom. The van der Waals surface area contributed by atoms with E-state index in [4.69, 9.17) is 11.6 Å². The summed E-state index contributed by atoms with van der Waals surface area (Å²) in [4.78, 5) is 46.8. The van der Waals surface area contributed by atoms with Crippen LogP contribution < -0.4 is 4.90 Å². The molecule has 194 valence electrons. The molecular weight excluding hydrogens is 498 g/mol. The summed E-state index contributed by atoms with van der Waals surface area (Å²) in [5.74, 6) is -1.61. The minimum absolute atomic E-state index is 0.0182. The number of aliphatic hydroxyl groups is 1. The van der Waals surface area contributed by atoms with Crippen LogP contribution in [0, 0.1) is 11.8 Å².